The van der Waals surface area contributed by atoms with Gasteiger partial charge in [-0.15, -0.1) is 0 Å². The fourth-order valence-electron chi connectivity index (χ4n) is 0.993. The van der Waals surface area contributed by atoms with E-state index in [1.54, 1.807) is 13.8 Å². The van der Waals surface area contributed by atoms with Gasteiger partial charge in [-0.05, 0) is 6.42 Å². The number of rotatable bonds is 5. The fraction of sp³-hybridized carbons (Fsp3) is 0.875. The van der Waals surface area contributed by atoms with Crippen molar-refractivity contribution in [3.05, 3.63) is 0 Å². The summed E-state index contributed by atoms with van der Waals surface area (Å²) in [7, 11) is 0. The normalized spacial score (nSPS) is 18.3. The summed E-state index contributed by atoms with van der Waals surface area (Å²) in [5.74, 6) is -1.43. The van der Waals surface area contributed by atoms with Crippen molar-refractivity contribution < 1.29 is 20.1 Å². The van der Waals surface area contributed by atoms with E-state index in [9.17, 15) is 15.0 Å². The molecule has 0 aromatic heterocycles. The number of aliphatic hydroxyl groups excluding tert-OH is 2. The molecule has 0 saturated heterocycles. The summed E-state index contributed by atoms with van der Waals surface area (Å²) >= 11 is 0. The van der Waals surface area contributed by atoms with Crippen LogP contribution in [0.4, 0.5) is 0 Å². The molecule has 0 saturated carbocycles. The highest BCUT2D eigenvalue weighted by Crippen LogP contribution is 2.13. The maximum absolute atomic E-state index is 10.2. The van der Waals surface area contributed by atoms with Gasteiger partial charge in [0.2, 0.25) is 0 Å². The van der Waals surface area contributed by atoms with Gasteiger partial charge in [-0.3, -0.25) is 4.79 Å². The van der Waals surface area contributed by atoms with Gasteiger partial charge in [0.1, 0.15) is 0 Å². The lowest BCUT2D eigenvalue weighted by Gasteiger charge is -2.21. The van der Waals surface area contributed by atoms with Crippen molar-refractivity contribution >= 4 is 5.97 Å². The van der Waals surface area contributed by atoms with E-state index in [1.165, 1.54) is 0 Å². The van der Waals surface area contributed by atoms with E-state index in [1.807, 2.05) is 0 Å². The van der Waals surface area contributed by atoms with Gasteiger partial charge < -0.3 is 15.3 Å². The Hall–Kier alpha value is -0.610. The summed E-state index contributed by atoms with van der Waals surface area (Å²) in [6.07, 6.45) is -1.37. The molecule has 0 heterocycles. The molecular weight excluding hydrogens is 160 g/mol. The third-order valence-electron chi connectivity index (χ3n) is 2.02. The largest absolute Gasteiger partial charge is 0.481 e. The lowest BCUT2D eigenvalue weighted by Crippen LogP contribution is -2.30. The Morgan fingerprint density at radius 2 is 1.83 bits per heavy atom. The van der Waals surface area contributed by atoms with Crippen LogP contribution in [-0.4, -0.2) is 33.5 Å². The summed E-state index contributed by atoms with van der Waals surface area (Å²) in [6, 6.07) is 0. The fourth-order valence-corrected chi connectivity index (χ4v) is 0.993. The van der Waals surface area contributed by atoms with Gasteiger partial charge in [0.05, 0.1) is 18.6 Å². The molecule has 0 aliphatic heterocycles. The Bertz CT molecular complexity index is 146. The molecule has 0 bridgehead atoms. The highest BCUT2D eigenvalue weighted by Gasteiger charge is 2.22. The number of carboxylic acids is 1. The van der Waals surface area contributed by atoms with Gasteiger partial charge in [0.15, 0.2) is 0 Å². The lowest BCUT2D eigenvalue weighted by molar-refractivity contribution is -0.140. The van der Waals surface area contributed by atoms with Gasteiger partial charge in [-0.2, -0.15) is 0 Å². The van der Waals surface area contributed by atoms with Crippen LogP contribution < -0.4 is 0 Å². The molecule has 0 radical (unpaired) electrons. The van der Waals surface area contributed by atoms with Crippen LogP contribution in [0.15, 0.2) is 0 Å². The molecule has 72 valence electrons. The molecule has 3 N–H and O–H groups in total. The SMILES string of the molecule is CC[C@@H](O)[C@H](C)[C@H](O)CC(=O)O. The van der Waals surface area contributed by atoms with Gasteiger partial charge in [-0.25, -0.2) is 0 Å². The molecule has 0 spiro atoms. The van der Waals surface area contributed by atoms with Crippen molar-refractivity contribution in [1.29, 1.82) is 0 Å². The first-order valence-electron chi connectivity index (χ1n) is 4.07. The van der Waals surface area contributed by atoms with Crippen LogP contribution in [0.3, 0.4) is 0 Å². The molecule has 0 fully saturated rings. The summed E-state index contributed by atoms with van der Waals surface area (Å²) in [4.78, 5) is 10.2. The zero-order valence-corrected chi connectivity index (χ0v) is 7.40. The average Bonchev–Trinajstić information content (AvgIpc) is 2.00. The standard InChI is InChI=1S/C8H16O4/c1-3-6(9)5(2)7(10)4-8(11)12/h5-7,9-10H,3-4H2,1-2H3,(H,11,12)/t5-,6+,7+/m0/s1. The second-order valence-corrected chi connectivity index (χ2v) is 3.00. The van der Waals surface area contributed by atoms with Crippen LogP contribution >= 0.6 is 0 Å². The van der Waals surface area contributed by atoms with E-state index in [0.29, 0.717) is 6.42 Å². The summed E-state index contributed by atoms with van der Waals surface area (Å²) < 4.78 is 0. The first-order chi connectivity index (χ1) is 5.49. The highest BCUT2D eigenvalue weighted by molar-refractivity contribution is 5.67. The molecular formula is C8H16O4. The number of carboxylic acid groups (broad SMARTS) is 1. The highest BCUT2D eigenvalue weighted by atomic mass is 16.4. The third kappa shape index (κ3) is 3.69. The molecule has 0 aromatic rings. The van der Waals surface area contributed by atoms with Crippen LogP contribution in [0.25, 0.3) is 0 Å². The molecule has 0 aromatic carbocycles. The van der Waals surface area contributed by atoms with Crippen LogP contribution in [0.1, 0.15) is 26.7 Å². The van der Waals surface area contributed by atoms with Crippen molar-refractivity contribution in [3.63, 3.8) is 0 Å². The van der Waals surface area contributed by atoms with Gasteiger partial charge in [0.25, 0.3) is 0 Å². The van der Waals surface area contributed by atoms with E-state index in [4.69, 9.17) is 5.11 Å². The molecule has 3 atom stereocenters. The van der Waals surface area contributed by atoms with Crippen molar-refractivity contribution in [2.75, 3.05) is 0 Å². The van der Waals surface area contributed by atoms with E-state index in [0.717, 1.165) is 0 Å². The number of aliphatic hydroxyl groups is 2. The lowest BCUT2D eigenvalue weighted by atomic mass is 9.94. The predicted molar refractivity (Wildman–Crippen MR) is 43.7 cm³/mol. The second-order valence-electron chi connectivity index (χ2n) is 3.00. The zero-order chi connectivity index (χ0) is 9.72. The van der Waals surface area contributed by atoms with Crippen molar-refractivity contribution in [2.24, 2.45) is 5.92 Å². The van der Waals surface area contributed by atoms with Crippen LogP contribution in [0, 0.1) is 5.92 Å². The van der Waals surface area contributed by atoms with Crippen molar-refractivity contribution in [2.45, 2.75) is 38.9 Å². The van der Waals surface area contributed by atoms with E-state index >= 15 is 0 Å². The van der Waals surface area contributed by atoms with E-state index in [-0.39, 0.29) is 12.3 Å². The summed E-state index contributed by atoms with van der Waals surface area (Å²) in [5, 5.41) is 26.9. The van der Waals surface area contributed by atoms with Gasteiger partial charge in [-0.1, -0.05) is 13.8 Å². The maximum atomic E-state index is 10.2. The molecule has 0 unspecified atom stereocenters. The molecule has 0 aliphatic rings. The molecule has 12 heavy (non-hydrogen) atoms. The quantitative estimate of drug-likeness (QED) is 0.560. The monoisotopic (exact) mass is 176 g/mol. The first-order valence-corrected chi connectivity index (χ1v) is 4.07. The van der Waals surface area contributed by atoms with E-state index < -0.39 is 18.2 Å². The topological polar surface area (TPSA) is 77.8 Å². The Kier molecular flexibility index (Phi) is 4.85. The Balaban J connectivity index is 3.91. The minimum absolute atomic E-state index is 0.307. The van der Waals surface area contributed by atoms with E-state index in [2.05, 4.69) is 0 Å². The van der Waals surface area contributed by atoms with Crippen LogP contribution in [0.5, 0.6) is 0 Å². The van der Waals surface area contributed by atoms with Gasteiger partial charge >= 0.3 is 5.97 Å². The Morgan fingerprint density at radius 1 is 1.33 bits per heavy atom. The minimum atomic E-state index is -1.04. The van der Waals surface area contributed by atoms with Crippen LogP contribution in [0.2, 0.25) is 0 Å². The molecule has 0 aliphatic carbocycles. The third-order valence-corrected chi connectivity index (χ3v) is 2.02. The Morgan fingerprint density at radius 3 is 2.17 bits per heavy atom. The zero-order valence-electron chi connectivity index (χ0n) is 7.40. The minimum Gasteiger partial charge on any atom is -0.481 e. The number of carbonyl (C=O) groups is 1. The predicted octanol–water partition coefficient (Wildman–Crippen LogP) is 0.229. The van der Waals surface area contributed by atoms with Gasteiger partial charge in [0, 0.05) is 5.92 Å². The second kappa shape index (κ2) is 5.11. The van der Waals surface area contributed by atoms with Crippen molar-refractivity contribution in [1.82, 2.24) is 0 Å². The smallest absolute Gasteiger partial charge is 0.305 e. The summed E-state index contributed by atoms with van der Waals surface area (Å²) in [5.41, 5.74) is 0. The number of hydrogen-bond acceptors (Lipinski definition) is 3. The molecule has 4 heteroatoms. The molecule has 4 nitrogen and oxygen atoms in total. The van der Waals surface area contributed by atoms with Crippen molar-refractivity contribution in [3.8, 4) is 0 Å². The number of aliphatic carboxylic acids is 1. The Labute approximate surface area is 71.8 Å². The first kappa shape index (κ1) is 11.4. The molecule has 0 amide bonds. The molecule has 0 rings (SSSR count). The summed E-state index contributed by atoms with van der Waals surface area (Å²) in [6.45, 7) is 3.43. The van der Waals surface area contributed by atoms with Crippen LogP contribution in [-0.2, 0) is 4.79 Å². The maximum Gasteiger partial charge on any atom is 0.305 e. The average molecular weight is 176 g/mol. The number of hydrogen-bond donors (Lipinski definition) is 3.